The van der Waals surface area contributed by atoms with Gasteiger partial charge in [-0.1, -0.05) is 22.4 Å². The van der Waals surface area contributed by atoms with Crippen molar-refractivity contribution in [2.45, 2.75) is 6.92 Å². The molecule has 18 heavy (non-hydrogen) atoms. The van der Waals surface area contributed by atoms with Crippen LogP contribution in [0, 0.1) is 6.92 Å². The number of hydrogen-bond acceptors (Lipinski definition) is 6. The smallest absolute Gasteiger partial charge is 0.296 e. The van der Waals surface area contributed by atoms with Crippen LogP contribution >= 0.6 is 0 Å². The summed E-state index contributed by atoms with van der Waals surface area (Å²) in [4.78, 5) is 4.18. The fourth-order valence-electron chi connectivity index (χ4n) is 1.55. The summed E-state index contributed by atoms with van der Waals surface area (Å²) in [7, 11) is 0. The second-order valence-electron chi connectivity index (χ2n) is 3.81. The van der Waals surface area contributed by atoms with E-state index in [9.17, 15) is 5.11 Å². The molecule has 0 bridgehead atoms. The molecule has 1 N–H and O–H groups in total. The lowest BCUT2D eigenvalue weighted by atomic mass is 10.2. The molecule has 0 aliphatic heterocycles. The van der Waals surface area contributed by atoms with Crippen LogP contribution in [0.5, 0.6) is 5.75 Å². The molecule has 0 unspecified atom stereocenters. The summed E-state index contributed by atoms with van der Waals surface area (Å²) in [6.07, 6.45) is 0. The molecule has 0 atom stereocenters. The first kappa shape index (κ1) is 10.5. The summed E-state index contributed by atoms with van der Waals surface area (Å²) in [6.45, 7) is 1.81. The maximum Gasteiger partial charge on any atom is 0.296 e. The molecule has 3 rings (SSSR count). The first-order valence-electron chi connectivity index (χ1n) is 5.29. The maximum absolute atomic E-state index is 9.39. The van der Waals surface area contributed by atoms with Crippen LogP contribution in [0.1, 0.15) is 5.69 Å². The standard InChI is InChI=1S/C12H9N3O3/c1-7-5-10(17-14-7)12-13-11(15-18-12)8-3-2-4-9(16)6-8/h2-6,16H,1H3. The highest BCUT2D eigenvalue weighted by Crippen LogP contribution is 2.24. The lowest BCUT2D eigenvalue weighted by Crippen LogP contribution is -1.80. The zero-order valence-corrected chi connectivity index (χ0v) is 9.49. The van der Waals surface area contributed by atoms with Crippen molar-refractivity contribution in [1.29, 1.82) is 0 Å². The molecule has 0 fully saturated rings. The molecule has 0 radical (unpaired) electrons. The lowest BCUT2D eigenvalue weighted by Gasteiger charge is -1.94. The summed E-state index contributed by atoms with van der Waals surface area (Å²) < 4.78 is 10.1. The fourth-order valence-corrected chi connectivity index (χ4v) is 1.55. The Bertz CT molecular complexity index is 687. The Morgan fingerprint density at radius 3 is 2.72 bits per heavy atom. The van der Waals surface area contributed by atoms with Crippen LogP contribution in [0.4, 0.5) is 0 Å². The molecule has 6 nitrogen and oxygen atoms in total. The van der Waals surface area contributed by atoms with Crippen molar-refractivity contribution in [3.05, 3.63) is 36.0 Å². The fraction of sp³-hybridized carbons (Fsp3) is 0.0833. The number of aromatic nitrogens is 3. The van der Waals surface area contributed by atoms with Gasteiger partial charge < -0.3 is 14.2 Å². The highest BCUT2D eigenvalue weighted by molar-refractivity contribution is 5.59. The quantitative estimate of drug-likeness (QED) is 0.743. The Balaban J connectivity index is 1.99. The van der Waals surface area contributed by atoms with E-state index in [1.54, 1.807) is 37.3 Å². The van der Waals surface area contributed by atoms with Gasteiger partial charge in [0.15, 0.2) is 0 Å². The average molecular weight is 243 g/mol. The third-order valence-corrected chi connectivity index (χ3v) is 2.37. The van der Waals surface area contributed by atoms with Gasteiger partial charge in [-0.05, 0) is 19.1 Å². The van der Waals surface area contributed by atoms with Gasteiger partial charge >= 0.3 is 0 Å². The van der Waals surface area contributed by atoms with E-state index in [-0.39, 0.29) is 11.6 Å². The van der Waals surface area contributed by atoms with Gasteiger partial charge in [0, 0.05) is 11.6 Å². The molecule has 0 saturated heterocycles. The number of hydrogen-bond donors (Lipinski definition) is 1. The van der Waals surface area contributed by atoms with E-state index < -0.39 is 0 Å². The number of rotatable bonds is 2. The summed E-state index contributed by atoms with van der Waals surface area (Å²) >= 11 is 0. The second-order valence-corrected chi connectivity index (χ2v) is 3.81. The van der Waals surface area contributed by atoms with Crippen LogP contribution in [-0.4, -0.2) is 20.4 Å². The van der Waals surface area contributed by atoms with Crippen molar-refractivity contribution in [2.75, 3.05) is 0 Å². The van der Waals surface area contributed by atoms with E-state index in [0.717, 1.165) is 5.69 Å². The molecule has 3 aromatic rings. The monoisotopic (exact) mass is 243 g/mol. The summed E-state index contributed by atoms with van der Waals surface area (Å²) in [5, 5.41) is 17.0. The summed E-state index contributed by atoms with van der Waals surface area (Å²) in [5.74, 6) is 1.21. The van der Waals surface area contributed by atoms with Crippen molar-refractivity contribution < 1.29 is 14.2 Å². The minimum atomic E-state index is 0.148. The number of phenols is 1. The molecule has 2 heterocycles. The Morgan fingerprint density at radius 2 is 2.00 bits per heavy atom. The van der Waals surface area contributed by atoms with Gasteiger partial charge in [0.2, 0.25) is 11.6 Å². The zero-order valence-electron chi connectivity index (χ0n) is 9.49. The molecule has 0 aliphatic rings. The topological polar surface area (TPSA) is 85.2 Å². The minimum Gasteiger partial charge on any atom is -0.508 e. The molecular weight excluding hydrogens is 234 g/mol. The van der Waals surface area contributed by atoms with Crippen LogP contribution in [0.2, 0.25) is 0 Å². The number of phenolic OH excluding ortho intramolecular Hbond substituents is 1. The highest BCUT2D eigenvalue weighted by Gasteiger charge is 2.14. The van der Waals surface area contributed by atoms with E-state index >= 15 is 0 Å². The first-order chi connectivity index (χ1) is 8.72. The maximum atomic E-state index is 9.39. The predicted molar refractivity (Wildman–Crippen MR) is 61.6 cm³/mol. The van der Waals surface area contributed by atoms with E-state index in [4.69, 9.17) is 9.05 Å². The summed E-state index contributed by atoms with van der Waals surface area (Å²) in [6, 6.07) is 8.32. The van der Waals surface area contributed by atoms with Crippen LogP contribution in [0.3, 0.4) is 0 Å². The van der Waals surface area contributed by atoms with Crippen molar-refractivity contribution >= 4 is 0 Å². The Morgan fingerprint density at radius 1 is 1.11 bits per heavy atom. The Labute approximate surface area is 102 Å². The molecule has 1 aromatic carbocycles. The number of aromatic hydroxyl groups is 1. The Hall–Kier alpha value is -2.63. The van der Waals surface area contributed by atoms with Crippen molar-refractivity contribution in [3.8, 4) is 28.8 Å². The van der Waals surface area contributed by atoms with Gasteiger partial charge in [-0.2, -0.15) is 4.98 Å². The summed E-state index contributed by atoms with van der Waals surface area (Å²) in [5.41, 5.74) is 1.41. The highest BCUT2D eigenvalue weighted by atomic mass is 16.5. The van der Waals surface area contributed by atoms with Gasteiger partial charge in [-0.25, -0.2) is 0 Å². The van der Waals surface area contributed by atoms with E-state index in [0.29, 0.717) is 17.1 Å². The van der Waals surface area contributed by atoms with Crippen LogP contribution in [0.15, 0.2) is 39.4 Å². The molecule has 0 saturated carbocycles. The normalized spacial score (nSPS) is 10.7. The largest absolute Gasteiger partial charge is 0.508 e. The predicted octanol–water partition coefficient (Wildman–Crippen LogP) is 2.41. The minimum absolute atomic E-state index is 0.148. The van der Waals surface area contributed by atoms with Crippen molar-refractivity contribution in [2.24, 2.45) is 0 Å². The number of aryl methyl sites for hydroxylation is 1. The lowest BCUT2D eigenvalue weighted by molar-refractivity contribution is 0.383. The SMILES string of the molecule is Cc1cc(-c2nc(-c3cccc(O)c3)no2)on1. The molecule has 0 amide bonds. The van der Waals surface area contributed by atoms with Gasteiger partial charge in [-0.15, -0.1) is 0 Å². The van der Waals surface area contributed by atoms with Crippen molar-refractivity contribution in [3.63, 3.8) is 0 Å². The molecule has 6 heteroatoms. The van der Waals surface area contributed by atoms with E-state index in [2.05, 4.69) is 15.3 Å². The van der Waals surface area contributed by atoms with Crippen molar-refractivity contribution in [1.82, 2.24) is 15.3 Å². The first-order valence-corrected chi connectivity index (χ1v) is 5.29. The number of nitrogens with zero attached hydrogens (tertiary/aromatic N) is 3. The second kappa shape index (κ2) is 3.99. The van der Waals surface area contributed by atoms with E-state index in [1.165, 1.54) is 0 Å². The molecule has 0 aliphatic carbocycles. The van der Waals surface area contributed by atoms with Crippen LogP contribution < -0.4 is 0 Å². The zero-order chi connectivity index (χ0) is 12.5. The average Bonchev–Trinajstić information content (AvgIpc) is 2.97. The third-order valence-electron chi connectivity index (χ3n) is 2.37. The van der Waals surface area contributed by atoms with E-state index in [1.807, 2.05) is 0 Å². The molecule has 2 aromatic heterocycles. The molecule has 0 spiro atoms. The van der Waals surface area contributed by atoms with Gasteiger partial charge in [0.1, 0.15) is 5.75 Å². The van der Waals surface area contributed by atoms with Crippen LogP contribution in [0.25, 0.3) is 23.0 Å². The van der Waals surface area contributed by atoms with Gasteiger partial charge in [0.05, 0.1) is 5.69 Å². The molecule has 90 valence electrons. The van der Waals surface area contributed by atoms with Crippen LogP contribution in [-0.2, 0) is 0 Å². The van der Waals surface area contributed by atoms with Gasteiger partial charge in [0.25, 0.3) is 5.89 Å². The van der Waals surface area contributed by atoms with Gasteiger partial charge in [-0.3, -0.25) is 0 Å². The third kappa shape index (κ3) is 1.84. The molecular formula is C12H9N3O3. The Kier molecular flexibility index (Phi) is 2.33. The number of benzene rings is 1.